The Morgan fingerprint density at radius 1 is 1.53 bits per heavy atom. The molecule has 80 valence electrons. The van der Waals surface area contributed by atoms with Crippen LogP contribution in [0.1, 0.15) is 24.4 Å². The van der Waals surface area contributed by atoms with Crippen LogP contribution in [-0.2, 0) is 0 Å². The van der Waals surface area contributed by atoms with Gasteiger partial charge in [-0.25, -0.2) is 0 Å². The van der Waals surface area contributed by atoms with Crippen LogP contribution in [0.4, 0.5) is 5.69 Å². The van der Waals surface area contributed by atoms with E-state index in [4.69, 9.17) is 0 Å². The van der Waals surface area contributed by atoms with E-state index in [1.54, 1.807) is 6.07 Å². The van der Waals surface area contributed by atoms with E-state index in [9.17, 15) is 10.1 Å². The quantitative estimate of drug-likeness (QED) is 0.664. The highest BCUT2D eigenvalue weighted by Crippen LogP contribution is 2.32. The molecule has 15 heavy (non-hydrogen) atoms. The van der Waals surface area contributed by atoms with Gasteiger partial charge in [0, 0.05) is 22.1 Å². The summed E-state index contributed by atoms with van der Waals surface area (Å²) >= 11 is 3.25. The number of hydrogen-bond acceptors (Lipinski definition) is 3. The first-order valence-corrected chi connectivity index (χ1v) is 5.65. The fourth-order valence-electron chi connectivity index (χ4n) is 1.92. The van der Waals surface area contributed by atoms with Crippen molar-refractivity contribution in [2.24, 2.45) is 0 Å². The summed E-state index contributed by atoms with van der Waals surface area (Å²) in [5.41, 5.74) is 0.990. The number of halogens is 1. The third-order valence-electron chi connectivity index (χ3n) is 2.62. The zero-order valence-corrected chi connectivity index (χ0v) is 9.66. The monoisotopic (exact) mass is 270 g/mol. The molecule has 1 aliphatic rings. The Bertz CT molecular complexity index is 389. The van der Waals surface area contributed by atoms with Crippen LogP contribution < -0.4 is 5.32 Å². The first-order chi connectivity index (χ1) is 7.18. The summed E-state index contributed by atoms with van der Waals surface area (Å²) in [5, 5.41) is 14.2. The zero-order valence-electron chi connectivity index (χ0n) is 8.07. The van der Waals surface area contributed by atoms with Gasteiger partial charge in [-0.3, -0.25) is 10.1 Å². The minimum atomic E-state index is -0.319. The molecule has 1 atom stereocenters. The van der Waals surface area contributed by atoms with E-state index in [-0.39, 0.29) is 16.7 Å². The standard InChI is InChI=1S/C10H11BrN2O2/c11-7-3-4-8(9-2-1-5-12-9)10(6-7)13(14)15/h3-4,6,9,12H,1-2,5H2. The van der Waals surface area contributed by atoms with Crippen molar-refractivity contribution in [1.82, 2.24) is 5.32 Å². The minimum absolute atomic E-state index is 0.137. The van der Waals surface area contributed by atoms with Gasteiger partial charge in [0.15, 0.2) is 0 Å². The maximum Gasteiger partial charge on any atom is 0.275 e. The van der Waals surface area contributed by atoms with Crippen LogP contribution in [0.5, 0.6) is 0 Å². The normalized spacial score (nSPS) is 20.5. The highest BCUT2D eigenvalue weighted by atomic mass is 79.9. The Morgan fingerprint density at radius 3 is 2.93 bits per heavy atom. The number of nitro groups is 1. The van der Waals surface area contributed by atoms with Gasteiger partial charge < -0.3 is 5.32 Å². The van der Waals surface area contributed by atoms with Gasteiger partial charge in [-0.2, -0.15) is 0 Å². The number of benzene rings is 1. The highest BCUT2D eigenvalue weighted by molar-refractivity contribution is 9.10. The average molecular weight is 271 g/mol. The third kappa shape index (κ3) is 2.18. The molecular formula is C10H11BrN2O2. The van der Waals surface area contributed by atoms with E-state index >= 15 is 0 Å². The number of nitro benzene ring substituents is 1. The van der Waals surface area contributed by atoms with Gasteiger partial charge in [0.25, 0.3) is 5.69 Å². The van der Waals surface area contributed by atoms with Gasteiger partial charge in [-0.1, -0.05) is 15.9 Å². The van der Waals surface area contributed by atoms with Crippen LogP contribution in [-0.4, -0.2) is 11.5 Å². The Kier molecular flexibility index (Phi) is 3.02. The lowest BCUT2D eigenvalue weighted by Crippen LogP contribution is -2.14. The molecule has 1 fully saturated rings. The van der Waals surface area contributed by atoms with Crippen molar-refractivity contribution in [2.75, 3.05) is 6.54 Å². The molecule has 1 N–H and O–H groups in total. The molecule has 0 amide bonds. The van der Waals surface area contributed by atoms with E-state index in [2.05, 4.69) is 21.2 Å². The predicted octanol–water partition coefficient (Wildman–Crippen LogP) is 2.78. The van der Waals surface area contributed by atoms with E-state index in [0.717, 1.165) is 29.4 Å². The van der Waals surface area contributed by atoms with E-state index in [1.807, 2.05) is 12.1 Å². The first kappa shape index (κ1) is 10.6. The second-order valence-corrected chi connectivity index (χ2v) is 4.52. The molecule has 2 rings (SSSR count). The lowest BCUT2D eigenvalue weighted by molar-refractivity contribution is -0.385. The summed E-state index contributed by atoms with van der Waals surface area (Å²) in [4.78, 5) is 10.6. The van der Waals surface area contributed by atoms with Crippen molar-refractivity contribution in [1.29, 1.82) is 0 Å². The molecule has 1 aromatic rings. The van der Waals surface area contributed by atoms with Crippen LogP contribution in [0.25, 0.3) is 0 Å². The van der Waals surface area contributed by atoms with Crippen LogP contribution in [0.15, 0.2) is 22.7 Å². The van der Waals surface area contributed by atoms with Crippen molar-refractivity contribution in [3.8, 4) is 0 Å². The van der Waals surface area contributed by atoms with Gasteiger partial charge in [-0.05, 0) is 31.5 Å². The van der Waals surface area contributed by atoms with Crippen molar-refractivity contribution in [2.45, 2.75) is 18.9 Å². The second kappa shape index (κ2) is 4.28. The van der Waals surface area contributed by atoms with Crippen LogP contribution >= 0.6 is 15.9 Å². The SMILES string of the molecule is O=[N+]([O-])c1cc(Br)ccc1C1CCCN1. The number of hydrogen-bond donors (Lipinski definition) is 1. The van der Waals surface area contributed by atoms with E-state index in [0.29, 0.717) is 0 Å². The van der Waals surface area contributed by atoms with Crippen LogP contribution in [0.2, 0.25) is 0 Å². The molecule has 5 heteroatoms. The lowest BCUT2D eigenvalue weighted by Gasteiger charge is -2.10. The van der Waals surface area contributed by atoms with E-state index < -0.39 is 0 Å². The largest absolute Gasteiger partial charge is 0.310 e. The maximum absolute atomic E-state index is 10.9. The Hall–Kier alpha value is -0.940. The first-order valence-electron chi connectivity index (χ1n) is 4.85. The molecule has 1 unspecified atom stereocenters. The number of rotatable bonds is 2. The van der Waals surface area contributed by atoms with Crippen LogP contribution in [0, 0.1) is 10.1 Å². The molecule has 1 heterocycles. The van der Waals surface area contributed by atoms with E-state index in [1.165, 1.54) is 0 Å². The molecule has 1 aliphatic heterocycles. The summed E-state index contributed by atoms with van der Waals surface area (Å²) in [6.45, 7) is 0.942. The summed E-state index contributed by atoms with van der Waals surface area (Å²) in [7, 11) is 0. The molecule has 0 spiro atoms. The Balaban J connectivity index is 2.40. The van der Waals surface area contributed by atoms with Gasteiger partial charge in [0.05, 0.1) is 4.92 Å². The molecule has 0 aliphatic carbocycles. The third-order valence-corrected chi connectivity index (χ3v) is 3.12. The summed E-state index contributed by atoms with van der Waals surface area (Å²) in [5.74, 6) is 0. The average Bonchev–Trinajstić information content (AvgIpc) is 2.70. The smallest absolute Gasteiger partial charge is 0.275 e. The highest BCUT2D eigenvalue weighted by Gasteiger charge is 2.24. The number of nitrogens with zero attached hydrogens (tertiary/aromatic N) is 1. The molecule has 1 aromatic carbocycles. The zero-order chi connectivity index (χ0) is 10.8. The fourth-order valence-corrected chi connectivity index (χ4v) is 2.27. The van der Waals surface area contributed by atoms with Crippen molar-refractivity contribution >= 4 is 21.6 Å². The molecule has 0 aromatic heterocycles. The van der Waals surface area contributed by atoms with Crippen molar-refractivity contribution in [3.05, 3.63) is 38.3 Å². The van der Waals surface area contributed by atoms with Gasteiger partial charge in [0.1, 0.15) is 0 Å². The van der Waals surface area contributed by atoms with Gasteiger partial charge in [-0.15, -0.1) is 0 Å². The molecule has 4 nitrogen and oxygen atoms in total. The molecular weight excluding hydrogens is 260 g/mol. The second-order valence-electron chi connectivity index (χ2n) is 3.61. The predicted molar refractivity (Wildman–Crippen MR) is 60.8 cm³/mol. The summed E-state index contributed by atoms with van der Waals surface area (Å²) in [6.07, 6.45) is 2.06. The minimum Gasteiger partial charge on any atom is -0.310 e. The van der Waals surface area contributed by atoms with Gasteiger partial charge >= 0.3 is 0 Å². The molecule has 0 saturated carbocycles. The Morgan fingerprint density at radius 2 is 2.33 bits per heavy atom. The lowest BCUT2D eigenvalue weighted by atomic mass is 10.0. The number of nitrogens with one attached hydrogen (secondary N) is 1. The van der Waals surface area contributed by atoms with Gasteiger partial charge in [0.2, 0.25) is 0 Å². The maximum atomic E-state index is 10.9. The molecule has 0 radical (unpaired) electrons. The Labute approximate surface area is 96.0 Å². The molecule has 0 bridgehead atoms. The van der Waals surface area contributed by atoms with Crippen molar-refractivity contribution in [3.63, 3.8) is 0 Å². The van der Waals surface area contributed by atoms with Crippen LogP contribution in [0.3, 0.4) is 0 Å². The molecule has 1 saturated heterocycles. The van der Waals surface area contributed by atoms with Crippen molar-refractivity contribution < 1.29 is 4.92 Å². The topological polar surface area (TPSA) is 55.2 Å². The summed E-state index contributed by atoms with van der Waals surface area (Å²) in [6, 6.07) is 5.38. The summed E-state index contributed by atoms with van der Waals surface area (Å²) < 4.78 is 0.746. The fraction of sp³-hybridized carbons (Fsp3) is 0.400.